The highest BCUT2D eigenvalue weighted by molar-refractivity contribution is 7.90. The largest absolute Gasteiger partial charge is 0.338 e. The third-order valence-corrected chi connectivity index (χ3v) is 3.16. The number of carbonyl (C=O) groups is 2. The van der Waals surface area contributed by atoms with Gasteiger partial charge in [-0.1, -0.05) is 0 Å². The van der Waals surface area contributed by atoms with Crippen LogP contribution in [-0.4, -0.2) is 51.0 Å². The lowest BCUT2D eigenvalue weighted by molar-refractivity contribution is -0.121. The van der Waals surface area contributed by atoms with E-state index in [1.165, 1.54) is 0 Å². The lowest BCUT2D eigenvalue weighted by Gasteiger charge is -2.18. The van der Waals surface area contributed by atoms with Crippen LogP contribution in [0.1, 0.15) is 20.8 Å². The maximum atomic E-state index is 11.5. The molecule has 0 bridgehead atoms. The van der Waals surface area contributed by atoms with E-state index in [0.29, 0.717) is 6.54 Å². The van der Waals surface area contributed by atoms with Gasteiger partial charge in [0.15, 0.2) is 0 Å². The number of rotatable bonds is 6. The zero-order valence-corrected chi connectivity index (χ0v) is 11.9. The summed E-state index contributed by atoms with van der Waals surface area (Å²) in [6.07, 6.45) is 1.13. The maximum Gasteiger partial charge on any atom is 0.321 e. The van der Waals surface area contributed by atoms with Gasteiger partial charge in [0.25, 0.3) is 0 Å². The van der Waals surface area contributed by atoms with Crippen molar-refractivity contribution in [2.24, 2.45) is 0 Å². The molecule has 0 aromatic carbocycles. The molecule has 2 atom stereocenters. The number of sulfone groups is 1. The first-order chi connectivity index (χ1) is 8.15. The summed E-state index contributed by atoms with van der Waals surface area (Å²) in [5, 5.41) is 7.39. The Morgan fingerprint density at radius 2 is 1.78 bits per heavy atom. The van der Waals surface area contributed by atoms with E-state index in [1.807, 2.05) is 0 Å². The maximum absolute atomic E-state index is 11.5. The van der Waals surface area contributed by atoms with Crippen molar-refractivity contribution in [3.05, 3.63) is 0 Å². The molecule has 0 aliphatic rings. The highest BCUT2D eigenvalue weighted by Gasteiger charge is 2.19. The molecular formula is C10H21N3O4S. The van der Waals surface area contributed by atoms with Gasteiger partial charge in [-0.2, -0.15) is 0 Å². The van der Waals surface area contributed by atoms with Crippen LogP contribution in [0.4, 0.5) is 4.79 Å². The summed E-state index contributed by atoms with van der Waals surface area (Å²) in [7, 11) is -3.10. The molecule has 3 amide bonds. The zero-order valence-electron chi connectivity index (χ0n) is 11.1. The highest BCUT2D eigenvalue weighted by Crippen LogP contribution is 1.93. The monoisotopic (exact) mass is 279 g/mol. The van der Waals surface area contributed by atoms with Crippen molar-refractivity contribution in [2.45, 2.75) is 32.9 Å². The fraction of sp³-hybridized carbons (Fsp3) is 0.800. The van der Waals surface area contributed by atoms with Crippen LogP contribution >= 0.6 is 0 Å². The summed E-state index contributed by atoms with van der Waals surface area (Å²) < 4.78 is 22.1. The average Bonchev–Trinajstić information content (AvgIpc) is 2.14. The zero-order chi connectivity index (χ0) is 14.3. The van der Waals surface area contributed by atoms with E-state index in [0.717, 1.165) is 6.26 Å². The number of amides is 3. The van der Waals surface area contributed by atoms with Crippen molar-refractivity contribution < 1.29 is 18.0 Å². The topological polar surface area (TPSA) is 104 Å². The van der Waals surface area contributed by atoms with E-state index in [-0.39, 0.29) is 11.8 Å². The summed E-state index contributed by atoms with van der Waals surface area (Å²) >= 11 is 0. The minimum absolute atomic E-state index is 0.0637. The standard InChI is InChI=1S/C10H21N3O4S/c1-5-11-10(15)13-9(14)8(3)12-7(2)6-18(4,16)17/h7-8,12H,5-6H2,1-4H3,(H2,11,13,14,15). The third-order valence-electron chi connectivity index (χ3n) is 2.05. The molecule has 0 aromatic heterocycles. The molecule has 0 radical (unpaired) electrons. The van der Waals surface area contributed by atoms with E-state index in [1.54, 1.807) is 20.8 Å². The number of nitrogens with one attached hydrogen (secondary N) is 3. The van der Waals surface area contributed by atoms with Crippen LogP contribution in [0.2, 0.25) is 0 Å². The Bertz CT molecular complexity index is 394. The molecule has 0 rings (SSSR count). The molecule has 0 fully saturated rings. The molecule has 0 heterocycles. The molecule has 0 aliphatic carbocycles. The Kier molecular flexibility index (Phi) is 6.85. The van der Waals surface area contributed by atoms with Crippen molar-refractivity contribution in [1.29, 1.82) is 0 Å². The first kappa shape index (κ1) is 16.9. The van der Waals surface area contributed by atoms with E-state index < -0.39 is 27.8 Å². The number of hydrogen-bond acceptors (Lipinski definition) is 5. The fourth-order valence-corrected chi connectivity index (χ4v) is 2.43. The quantitative estimate of drug-likeness (QED) is 0.593. The number of imide groups is 1. The van der Waals surface area contributed by atoms with Crippen LogP contribution in [0.5, 0.6) is 0 Å². The van der Waals surface area contributed by atoms with Crippen molar-refractivity contribution in [1.82, 2.24) is 16.0 Å². The molecule has 0 saturated carbocycles. The first-order valence-corrected chi connectivity index (χ1v) is 7.74. The van der Waals surface area contributed by atoms with Gasteiger partial charge in [-0.05, 0) is 20.8 Å². The molecule has 18 heavy (non-hydrogen) atoms. The summed E-state index contributed by atoms with van der Waals surface area (Å²) in [5.41, 5.74) is 0. The van der Waals surface area contributed by atoms with Gasteiger partial charge in [-0.15, -0.1) is 0 Å². The lowest BCUT2D eigenvalue weighted by Crippen LogP contribution is -2.51. The molecule has 0 aromatic rings. The Morgan fingerprint density at radius 1 is 1.22 bits per heavy atom. The molecule has 8 heteroatoms. The molecule has 0 spiro atoms. The lowest BCUT2D eigenvalue weighted by atomic mass is 10.2. The Balaban J connectivity index is 4.19. The second-order valence-electron chi connectivity index (χ2n) is 4.23. The first-order valence-electron chi connectivity index (χ1n) is 5.68. The molecule has 7 nitrogen and oxygen atoms in total. The van der Waals surface area contributed by atoms with Crippen molar-refractivity contribution in [2.75, 3.05) is 18.6 Å². The summed E-state index contributed by atoms with van der Waals surface area (Å²) in [6, 6.07) is -1.58. The number of urea groups is 1. The van der Waals surface area contributed by atoms with E-state index in [2.05, 4.69) is 16.0 Å². The van der Waals surface area contributed by atoms with E-state index >= 15 is 0 Å². The Morgan fingerprint density at radius 3 is 2.22 bits per heavy atom. The van der Waals surface area contributed by atoms with Gasteiger partial charge in [0.05, 0.1) is 11.8 Å². The van der Waals surface area contributed by atoms with Crippen LogP contribution in [0.25, 0.3) is 0 Å². The molecule has 0 aliphatic heterocycles. The summed E-state index contributed by atoms with van der Waals surface area (Å²) in [5.74, 6) is -0.563. The summed E-state index contributed by atoms with van der Waals surface area (Å²) in [4.78, 5) is 22.7. The molecule has 0 saturated heterocycles. The average molecular weight is 279 g/mol. The minimum atomic E-state index is -3.10. The normalized spacial score (nSPS) is 14.7. The number of hydrogen-bond donors (Lipinski definition) is 3. The third kappa shape index (κ3) is 8.02. The summed E-state index contributed by atoms with van der Waals surface area (Å²) in [6.45, 7) is 5.38. The van der Waals surface area contributed by atoms with Gasteiger partial charge in [0.1, 0.15) is 9.84 Å². The van der Waals surface area contributed by atoms with Crippen molar-refractivity contribution >= 4 is 21.8 Å². The SMILES string of the molecule is CCNC(=O)NC(=O)C(C)NC(C)CS(C)(=O)=O. The van der Waals surface area contributed by atoms with Crippen LogP contribution in [0.15, 0.2) is 0 Å². The van der Waals surface area contributed by atoms with Gasteiger partial charge in [0, 0.05) is 18.8 Å². The molecule has 2 unspecified atom stereocenters. The van der Waals surface area contributed by atoms with Gasteiger partial charge < -0.3 is 10.6 Å². The molecule has 106 valence electrons. The minimum Gasteiger partial charge on any atom is -0.338 e. The van der Waals surface area contributed by atoms with Crippen LogP contribution in [-0.2, 0) is 14.6 Å². The van der Waals surface area contributed by atoms with Gasteiger partial charge in [0.2, 0.25) is 5.91 Å². The highest BCUT2D eigenvalue weighted by atomic mass is 32.2. The van der Waals surface area contributed by atoms with Crippen molar-refractivity contribution in [3.8, 4) is 0 Å². The smallest absolute Gasteiger partial charge is 0.321 e. The van der Waals surface area contributed by atoms with Crippen LogP contribution in [0.3, 0.4) is 0 Å². The van der Waals surface area contributed by atoms with E-state index in [4.69, 9.17) is 0 Å². The van der Waals surface area contributed by atoms with Crippen LogP contribution in [0, 0.1) is 0 Å². The predicted molar refractivity (Wildman–Crippen MR) is 69.0 cm³/mol. The van der Waals surface area contributed by atoms with E-state index in [9.17, 15) is 18.0 Å². The van der Waals surface area contributed by atoms with Gasteiger partial charge >= 0.3 is 6.03 Å². The Labute approximate surface area is 108 Å². The van der Waals surface area contributed by atoms with Gasteiger partial charge in [-0.3, -0.25) is 10.1 Å². The predicted octanol–water partition coefficient (Wildman–Crippen LogP) is -0.757. The number of carbonyl (C=O) groups excluding carboxylic acids is 2. The molecular weight excluding hydrogens is 258 g/mol. The fourth-order valence-electron chi connectivity index (χ4n) is 1.43. The van der Waals surface area contributed by atoms with Gasteiger partial charge in [-0.25, -0.2) is 13.2 Å². The molecule has 3 N–H and O–H groups in total. The van der Waals surface area contributed by atoms with Crippen LogP contribution < -0.4 is 16.0 Å². The Hall–Kier alpha value is -1.15. The second kappa shape index (κ2) is 7.32. The second-order valence-corrected chi connectivity index (χ2v) is 6.42. The van der Waals surface area contributed by atoms with Crippen molar-refractivity contribution in [3.63, 3.8) is 0 Å².